The maximum atomic E-state index is 12.1. The molecule has 1 aromatic rings. The van der Waals surface area contributed by atoms with Gasteiger partial charge in [0.25, 0.3) is 0 Å². The van der Waals surface area contributed by atoms with Crippen molar-refractivity contribution in [1.29, 1.82) is 0 Å². The summed E-state index contributed by atoms with van der Waals surface area (Å²) in [5, 5.41) is 1.02. The van der Waals surface area contributed by atoms with E-state index >= 15 is 0 Å². The summed E-state index contributed by atoms with van der Waals surface area (Å²) in [7, 11) is 0. The van der Waals surface area contributed by atoms with Gasteiger partial charge in [-0.3, -0.25) is 4.90 Å². The Labute approximate surface area is 96.2 Å². The fourth-order valence-electron chi connectivity index (χ4n) is 1.93. The number of nitrogens with one attached hydrogen (secondary N) is 1. The molecular formula is C11H11F3N2O. The fraction of sp³-hybridized carbons (Fsp3) is 0.364. The third kappa shape index (κ3) is 2.69. The molecule has 0 aliphatic carbocycles. The summed E-state index contributed by atoms with van der Waals surface area (Å²) in [5.74, 6) is 0. The third-order valence-corrected chi connectivity index (χ3v) is 2.60. The third-order valence-electron chi connectivity index (χ3n) is 2.60. The second kappa shape index (κ2) is 4.27. The number of alkyl halides is 3. The van der Waals surface area contributed by atoms with Gasteiger partial charge in [-0.15, -0.1) is 0 Å². The minimum atomic E-state index is -4.69. The smallest absolute Gasteiger partial charge is 0.294 e. The molecule has 0 radical (unpaired) electrons. The van der Waals surface area contributed by atoms with E-state index in [1.165, 1.54) is 0 Å². The monoisotopic (exact) mass is 244 g/mol. The molecule has 6 heteroatoms. The van der Waals surface area contributed by atoms with Gasteiger partial charge in [-0.2, -0.15) is 13.2 Å². The molecule has 1 N–H and O–H groups in total. The SMILES string of the molecule is O=C(NC(F)(F)F)N1CCCc2ccccc21. The molecule has 92 valence electrons. The number of amides is 2. The molecule has 0 fully saturated rings. The number of halogens is 3. The van der Waals surface area contributed by atoms with Crippen LogP contribution in [0.5, 0.6) is 0 Å². The van der Waals surface area contributed by atoms with Crippen molar-refractivity contribution < 1.29 is 18.0 Å². The second-order valence-corrected chi connectivity index (χ2v) is 3.81. The lowest BCUT2D eigenvalue weighted by molar-refractivity contribution is -0.145. The first-order chi connectivity index (χ1) is 7.97. The Morgan fingerprint density at radius 3 is 2.71 bits per heavy atom. The van der Waals surface area contributed by atoms with Crippen LogP contribution in [0.4, 0.5) is 23.7 Å². The van der Waals surface area contributed by atoms with Crippen molar-refractivity contribution in [3.63, 3.8) is 0 Å². The first-order valence-corrected chi connectivity index (χ1v) is 5.22. The van der Waals surface area contributed by atoms with E-state index in [9.17, 15) is 18.0 Å². The van der Waals surface area contributed by atoms with Crippen LogP contribution in [-0.2, 0) is 6.42 Å². The van der Waals surface area contributed by atoms with Gasteiger partial charge in [0.05, 0.1) is 0 Å². The molecule has 1 aliphatic rings. The molecule has 1 aliphatic heterocycles. The van der Waals surface area contributed by atoms with E-state index in [-0.39, 0.29) is 0 Å². The molecule has 2 rings (SSSR count). The van der Waals surface area contributed by atoms with Gasteiger partial charge in [-0.05, 0) is 24.5 Å². The Hall–Kier alpha value is -1.72. The normalized spacial score (nSPS) is 15.4. The van der Waals surface area contributed by atoms with Crippen molar-refractivity contribution in [1.82, 2.24) is 5.32 Å². The van der Waals surface area contributed by atoms with Gasteiger partial charge in [0.15, 0.2) is 0 Å². The number of nitrogens with zero attached hydrogens (tertiary/aromatic N) is 1. The van der Waals surface area contributed by atoms with Crippen molar-refractivity contribution in [2.75, 3.05) is 11.4 Å². The summed E-state index contributed by atoms with van der Waals surface area (Å²) >= 11 is 0. The quantitative estimate of drug-likeness (QED) is 0.699. The number of aryl methyl sites for hydroxylation is 1. The predicted octanol–water partition coefficient (Wildman–Crippen LogP) is 2.67. The lowest BCUT2D eigenvalue weighted by atomic mass is 10.0. The van der Waals surface area contributed by atoms with Crippen LogP contribution in [0.2, 0.25) is 0 Å². The van der Waals surface area contributed by atoms with E-state index in [0.29, 0.717) is 18.7 Å². The molecule has 0 aromatic heterocycles. The van der Waals surface area contributed by atoms with E-state index in [1.54, 1.807) is 12.1 Å². The Bertz CT molecular complexity index is 431. The van der Waals surface area contributed by atoms with Crippen LogP contribution in [0.15, 0.2) is 24.3 Å². The van der Waals surface area contributed by atoms with Crippen molar-refractivity contribution in [2.24, 2.45) is 0 Å². The highest BCUT2D eigenvalue weighted by molar-refractivity contribution is 5.93. The van der Waals surface area contributed by atoms with E-state index in [1.807, 2.05) is 12.1 Å². The zero-order valence-electron chi connectivity index (χ0n) is 8.92. The maximum Gasteiger partial charge on any atom is 0.485 e. The first-order valence-electron chi connectivity index (χ1n) is 5.22. The molecular weight excluding hydrogens is 233 g/mol. The number of hydrogen-bond donors (Lipinski definition) is 1. The summed E-state index contributed by atoms with van der Waals surface area (Å²) in [4.78, 5) is 12.6. The summed E-state index contributed by atoms with van der Waals surface area (Å²) in [6.07, 6.45) is -3.24. The largest absolute Gasteiger partial charge is 0.485 e. The molecule has 3 nitrogen and oxygen atoms in total. The molecule has 1 heterocycles. The lowest BCUT2D eigenvalue weighted by Gasteiger charge is -2.29. The number of anilines is 1. The Morgan fingerprint density at radius 2 is 2.00 bits per heavy atom. The maximum absolute atomic E-state index is 12.1. The minimum absolute atomic E-state index is 0.304. The number of hydrogen-bond acceptors (Lipinski definition) is 1. The molecule has 0 saturated heterocycles. The highest BCUT2D eigenvalue weighted by Gasteiger charge is 2.33. The van der Waals surface area contributed by atoms with E-state index in [2.05, 4.69) is 0 Å². The van der Waals surface area contributed by atoms with Gasteiger partial charge in [0, 0.05) is 12.2 Å². The number of fused-ring (bicyclic) bond motifs is 1. The van der Waals surface area contributed by atoms with Crippen LogP contribution in [0, 0.1) is 0 Å². The predicted molar refractivity (Wildman–Crippen MR) is 56.7 cm³/mol. The fourth-order valence-corrected chi connectivity index (χ4v) is 1.93. The Kier molecular flexibility index (Phi) is 2.95. The van der Waals surface area contributed by atoms with Crippen molar-refractivity contribution in [2.45, 2.75) is 19.1 Å². The van der Waals surface area contributed by atoms with Crippen LogP contribution >= 0.6 is 0 Å². The highest BCUT2D eigenvalue weighted by atomic mass is 19.4. The van der Waals surface area contributed by atoms with Gasteiger partial charge >= 0.3 is 12.3 Å². The Morgan fingerprint density at radius 1 is 1.29 bits per heavy atom. The minimum Gasteiger partial charge on any atom is -0.294 e. The van der Waals surface area contributed by atoms with Crippen molar-refractivity contribution >= 4 is 11.7 Å². The zero-order valence-corrected chi connectivity index (χ0v) is 8.92. The van der Waals surface area contributed by atoms with Crippen LogP contribution in [0.25, 0.3) is 0 Å². The average Bonchev–Trinajstić information content (AvgIpc) is 2.26. The van der Waals surface area contributed by atoms with E-state index in [0.717, 1.165) is 22.2 Å². The number of para-hydroxylation sites is 1. The summed E-state index contributed by atoms with van der Waals surface area (Å²) in [5.41, 5.74) is 1.46. The van der Waals surface area contributed by atoms with Crippen LogP contribution in [0.1, 0.15) is 12.0 Å². The average molecular weight is 244 g/mol. The molecule has 2 amide bonds. The van der Waals surface area contributed by atoms with Crippen LogP contribution in [-0.4, -0.2) is 18.9 Å². The van der Waals surface area contributed by atoms with Crippen molar-refractivity contribution in [3.05, 3.63) is 29.8 Å². The van der Waals surface area contributed by atoms with Gasteiger partial charge in [0.2, 0.25) is 0 Å². The highest BCUT2D eigenvalue weighted by Crippen LogP contribution is 2.27. The summed E-state index contributed by atoms with van der Waals surface area (Å²) in [6, 6.07) is 5.87. The lowest BCUT2D eigenvalue weighted by Crippen LogP contribution is -2.48. The molecule has 0 atom stereocenters. The first kappa shape index (κ1) is 11.8. The van der Waals surface area contributed by atoms with E-state index in [4.69, 9.17) is 0 Å². The molecule has 0 spiro atoms. The van der Waals surface area contributed by atoms with Gasteiger partial charge in [0.1, 0.15) is 0 Å². The van der Waals surface area contributed by atoms with Gasteiger partial charge in [-0.25, -0.2) is 10.1 Å². The molecule has 1 aromatic carbocycles. The molecule has 0 bridgehead atoms. The topological polar surface area (TPSA) is 32.3 Å². The van der Waals surface area contributed by atoms with Gasteiger partial charge < -0.3 is 0 Å². The van der Waals surface area contributed by atoms with Crippen LogP contribution in [0.3, 0.4) is 0 Å². The number of benzene rings is 1. The van der Waals surface area contributed by atoms with Gasteiger partial charge in [-0.1, -0.05) is 18.2 Å². The summed E-state index contributed by atoms with van der Waals surface area (Å²) in [6.45, 7) is 0.304. The second-order valence-electron chi connectivity index (χ2n) is 3.81. The number of carbonyl (C=O) groups is 1. The van der Waals surface area contributed by atoms with E-state index < -0.39 is 12.3 Å². The molecule has 0 saturated carbocycles. The number of carbonyl (C=O) groups excluding carboxylic acids is 1. The molecule has 17 heavy (non-hydrogen) atoms. The Balaban J connectivity index is 2.21. The number of urea groups is 1. The van der Waals surface area contributed by atoms with Crippen molar-refractivity contribution in [3.8, 4) is 0 Å². The summed E-state index contributed by atoms with van der Waals surface area (Å²) < 4.78 is 36.2. The standard InChI is InChI=1S/C11H11F3N2O/c12-11(13,14)15-10(17)16-7-3-5-8-4-1-2-6-9(8)16/h1-2,4,6H,3,5,7H2,(H,15,17). The number of rotatable bonds is 0. The van der Waals surface area contributed by atoms with Crippen LogP contribution < -0.4 is 10.2 Å². The zero-order chi connectivity index (χ0) is 12.5. The molecule has 0 unspecified atom stereocenters.